The van der Waals surface area contributed by atoms with Gasteiger partial charge in [-0.15, -0.1) is 0 Å². The third-order valence-corrected chi connectivity index (χ3v) is 3.38. The number of ether oxygens (including phenoxy) is 1. The summed E-state index contributed by atoms with van der Waals surface area (Å²) in [6.07, 6.45) is 4.21. The van der Waals surface area contributed by atoms with Crippen LogP contribution in [0.2, 0.25) is 0 Å². The highest BCUT2D eigenvalue weighted by Gasteiger charge is 2.22. The average Bonchev–Trinajstić information content (AvgIpc) is 2.33. The van der Waals surface area contributed by atoms with Gasteiger partial charge in [-0.05, 0) is 35.7 Å². The van der Waals surface area contributed by atoms with Gasteiger partial charge in [0.15, 0.2) is 0 Å². The average molecular weight is 301 g/mol. The Hall–Kier alpha value is -0.880. The van der Waals surface area contributed by atoms with Gasteiger partial charge in [0.1, 0.15) is 5.82 Å². The molecule has 2 rings (SSSR count). The molecule has 1 saturated heterocycles. The van der Waals surface area contributed by atoms with Crippen LogP contribution in [-0.4, -0.2) is 35.8 Å². The third kappa shape index (κ3) is 3.07. The molecule has 1 aromatic heterocycles. The maximum Gasteiger partial charge on any atom is 0.222 e. The summed E-state index contributed by atoms with van der Waals surface area (Å²) in [5.74, 6) is 1.17. The minimum atomic E-state index is 0.289. The molecule has 0 radical (unpaired) electrons. The Morgan fingerprint density at radius 2 is 2.47 bits per heavy atom. The summed E-state index contributed by atoms with van der Waals surface area (Å²) in [4.78, 5) is 10.4. The molecular weight excluding hydrogens is 284 g/mol. The first-order valence-corrected chi connectivity index (χ1v) is 6.64. The van der Waals surface area contributed by atoms with E-state index in [-0.39, 0.29) is 6.10 Å². The summed E-state index contributed by atoms with van der Waals surface area (Å²) in [5, 5.41) is 0. The van der Waals surface area contributed by atoms with Crippen LogP contribution in [0.25, 0.3) is 0 Å². The Balaban J connectivity index is 2.13. The van der Waals surface area contributed by atoms with Crippen molar-refractivity contribution in [2.24, 2.45) is 0 Å². The predicted octanol–water partition coefficient (Wildman–Crippen LogP) is 1.83. The number of anilines is 2. The fraction of sp³-hybridized carbons (Fsp3) is 0.636. The van der Waals surface area contributed by atoms with Crippen LogP contribution in [0.15, 0.2) is 10.7 Å². The third-order valence-electron chi connectivity index (χ3n) is 2.82. The SMILES string of the molecule is CCOC1CCCN(c2nc(N)ncc2Br)C1. The molecule has 2 heterocycles. The highest BCUT2D eigenvalue weighted by Crippen LogP contribution is 2.27. The van der Waals surface area contributed by atoms with Crippen LogP contribution in [0.4, 0.5) is 11.8 Å². The van der Waals surface area contributed by atoms with Crippen molar-refractivity contribution in [1.82, 2.24) is 9.97 Å². The maximum absolute atomic E-state index is 5.67. The molecule has 17 heavy (non-hydrogen) atoms. The molecule has 1 aliphatic rings. The number of halogens is 1. The van der Waals surface area contributed by atoms with Crippen molar-refractivity contribution in [3.63, 3.8) is 0 Å². The lowest BCUT2D eigenvalue weighted by Gasteiger charge is -2.33. The largest absolute Gasteiger partial charge is 0.377 e. The van der Waals surface area contributed by atoms with E-state index in [1.807, 2.05) is 6.92 Å². The van der Waals surface area contributed by atoms with Crippen molar-refractivity contribution in [1.29, 1.82) is 0 Å². The second kappa shape index (κ2) is 5.64. The zero-order valence-electron chi connectivity index (χ0n) is 9.90. The van der Waals surface area contributed by atoms with Crippen molar-refractivity contribution in [3.8, 4) is 0 Å². The van der Waals surface area contributed by atoms with Crippen LogP contribution >= 0.6 is 15.9 Å². The van der Waals surface area contributed by atoms with Gasteiger partial charge in [-0.1, -0.05) is 0 Å². The maximum atomic E-state index is 5.67. The zero-order valence-corrected chi connectivity index (χ0v) is 11.5. The Morgan fingerprint density at radius 3 is 3.24 bits per heavy atom. The second-order valence-electron chi connectivity index (χ2n) is 4.07. The molecule has 94 valence electrons. The lowest BCUT2D eigenvalue weighted by Crippen LogP contribution is -2.40. The molecule has 1 aromatic rings. The van der Waals surface area contributed by atoms with Crippen molar-refractivity contribution >= 4 is 27.7 Å². The molecule has 1 atom stereocenters. The number of piperidine rings is 1. The number of hydrogen-bond acceptors (Lipinski definition) is 5. The Morgan fingerprint density at radius 1 is 1.65 bits per heavy atom. The first kappa shape index (κ1) is 12.6. The summed E-state index contributed by atoms with van der Waals surface area (Å²) in [6.45, 7) is 4.63. The standard InChI is InChI=1S/C11H17BrN4O/c1-2-17-8-4-3-5-16(7-8)10-9(12)6-14-11(13)15-10/h6,8H,2-5,7H2,1H3,(H2,13,14,15). The fourth-order valence-electron chi connectivity index (χ4n) is 2.10. The molecule has 0 aliphatic carbocycles. The normalized spacial score (nSPS) is 20.6. The second-order valence-corrected chi connectivity index (χ2v) is 4.92. The van der Waals surface area contributed by atoms with Crippen molar-refractivity contribution < 1.29 is 4.74 Å². The number of nitrogen functional groups attached to an aromatic ring is 1. The molecule has 0 aromatic carbocycles. The van der Waals surface area contributed by atoms with Gasteiger partial charge in [0.05, 0.1) is 10.6 Å². The quantitative estimate of drug-likeness (QED) is 0.922. The van der Waals surface area contributed by atoms with E-state index in [9.17, 15) is 0 Å². The van der Waals surface area contributed by atoms with E-state index in [2.05, 4.69) is 30.8 Å². The lowest BCUT2D eigenvalue weighted by molar-refractivity contribution is 0.0525. The van der Waals surface area contributed by atoms with Gasteiger partial charge in [0.25, 0.3) is 0 Å². The fourth-order valence-corrected chi connectivity index (χ4v) is 2.54. The van der Waals surface area contributed by atoms with E-state index in [1.54, 1.807) is 6.20 Å². The number of aromatic nitrogens is 2. The van der Waals surface area contributed by atoms with Crippen LogP contribution in [0.1, 0.15) is 19.8 Å². The monoisotopic (exact) mass is 300 g/mol. The summed E-state index contributed by atoms with van der Waals surface area (Å²) in [6, 6.07) is 0. The summed E-state index contributed by atoms with van der Waals surface area (Å²) in [7, 11) is 0. The van der Waals surface area contributed by atoms with E-state index in [1.165, 1.54) is 0 Å². The summed E-state index contributed by atoms with van der Waals surface area (Å²) in [5.41, 5.74) is 5.63. The van der Waals surface area contributed by atoms with Gasteiger partial charge < -0.3 is 15.4 Å². The van der Waals surface area contributed by atoms with Crippen LogP contribution in [0.5, 0.6) is 0 Å². The topological polar surface area (TPSA) is 64.3 Å². The molecule has 0 bridgehead atoms. The smallest absolute Gasteiger partial charge is 0.222 e. The van der Waals surface area contributed by atoms with Crippen molar-refractivity contribution in [3.05, 3.63) is 10.7 Å². The summed E-state index contributed by atoms with van der Waals surface area (Å²) >= 11 is 3.46. The Kier molecular flexibility index (Phi) is 4.17. The molecule has 0 amide bonds. The summed E-state index contributed by atoms with van der Waals surface area (Å²) < 4.78 is 6.55. The van der Waals surface area contributed by atoms with Gasteiger partial charge >= 0.3 is 0 Å². The van der Waals surface area contributed by atoms with Crippen molar-refractivity contribution in [2.75, 3.05) is 30.3 Å². The highest BCUT2D eigenvalue weighted by molar-refractivity contribution is 9.10. The molecule has 0 spiro atoms. The molecule has 5 nitrogen and oxygen atoms in total. The minimum Gasteiger partial charge on any atom is -0.377 e. The van der Waals surface area contributed by atoms with Crippen LogP contribution in [0, 0.1) is 0 Å². The predicted molar refractivity (Wildman–Crippen MR) is 71.0 cm³/mol. The highest BCUT2D eigenvalue weighted by atomic mass is 79.9. The zero-order chi connectivity index (χ0) is 12.3. The lowest BCUT2D eigenvalue weighted by atomic mass is 10.1. The molecule has 1 aliphatic heterocycles. The van der Waals surface area contributed by atoms with Gasteiger partial charge in [-0.3, -0.25) is 0 Å². The molecule has 1 unspecified atom stereocenters. The van der Waals surface area contributed by atoms with Crippen LogP contribution in [0.3, 0.4) is 0 Å². The Bertz CT molecular complexity index is 386. The van der Waals surface area contributed by atoms with Crippen molar-refractivity contribution in [2.45, 2.75) is 25.9 Å². The van der Waals surface area contributed by atoms with Gasteiger partial charge in [0, 0.05) is 25.9 Å². The Labute approximate surface area is 110 Å². The first-order valence-electron chi connectivity index (χ1n) is 5.85. The number of nitrogens with two attached hydrogens (primary N) is 1. The van der Waals surface area contributed by atoms with Crippen LogP contribution in [-0.2, 0) is 4.74 Å². The van der Waals surface area contributed by atoms with Crippen LogP contribution < -0.4 is 10.6 Å². The molecule has 6 heteroatoms. The van der Waals surface area contributed by atoms with E-state index in [0.29, 0.717) is 5.95 Å². The van der Waals surface area contributed by atoms with Gasteiger partial charge in [-0.25, -0.2) is 4.98 Å². The molecule has 2 N–H and O–H groups in total. The molecule has 0 saturated carbocycles. The molecular formula is C11H17BrN4O. The van der Waals surface area contributed by atoms with E-state index < -0.39 is 0 Å². The number of nitrogens with zero attached hydrogens (tertiary/aromatic N) is 3. The van der Waals surface area contributed by atoms with E-state index >= 15 is 0 Å². The minimum absolute atomic E-state index is 0.289. The van der Waals surface area contributed by atoms with E-state index in [0.717, 1.165) is 42.8 Å². The number of rotatable bonds is 3. The van der Waals surface area contributed by atoms with Gasteiger partial charge in [0.2, 0.25) is 5.95 Å². The number of hydrogen-bond donors (Lipinski definition) is 1. The van der Waals surface area contributed by atoms with Gasteiger partial charge in [-0.2, -0.15) is 4.98 Å². The first-order chi connectivity index (χ1) is 8.20. The molecule has 1 fully saturated rings. The van der Waals surface area contributed by atoms with E-state index in [4.69, 9.17) is 10.5 Å².